The van der Waals surface area contributed by atoms with Crippen molar-refractivity contribution >= 4 is 6.21 Å². The van der Waals surface area contributed by atoms with Crippen molar-refractivity contribution in [3.63, 3.8) is 0 Å². The van der Waals surface area contributed by atoms with Gasteiger partial charge in [-0.3, -0.25) is 9.89 Å². The van der Waals surface area contributed by atoms with E-state index in [1.165, 1.54) is 18.4 Å². The van der Waals surface area contributed by atoms with Gasteiger partial charge in [0.1, 0.15) is 6.04 Å². The molecule has 0 amide bonds. The van der Waals surface area contributed by atoms with Crippen molar-refractivity contribution in [2.24, 2.45) is 27.7 Å². The van der Waals surface area contributed by atoms with E-state index < -0.39 is 0 Å². The van der Waals surface area contributed by atoms with Gasteiger partial charge < -0.3 is 10.6 Å². The van der Waals surface area contributed by atoms with E-state index in [2.05, 4.69) is 72.8 Å². The van der Waals surface area contributed by atoms with Crippen LogP contribution in [0.1, 0.15) is 47.0 Å². The molecular formula is C24H35N5. The molecule has 5 nitrogen and oxygen atoms in total. The number of aliphatic imine (C=N–C) groups is 1. The average Bonchev–Trinajstić information content (AvgIpc) is 3.21. The Morgan fingerprint density at radius 2 is 2.03 bits per heavy atom. The highest BCUT2D eigenvalue weighted by molar-refractivity contribution is 5.63. The molecule has 0 aromatic heterocycles. The maximum absolute atomic E-state index is 9.34. The Balaban J connectivity index is 1.51. The molecule has 29 heavy (non-hydrogen) atoms. The summed E-state index contributed by atoms with van der Waals surface area (Å²) in [5.41, 5.74) is 3.32. The number of nitriles is 1. The Bertz CT molecular complexity index is 816. The molecule has 0 bridgehead atoms. The quantitative estimate of drug-likeness (QED) is 0.572. The van der Waals surface area contributed by atoms with Crippen molar-refractivity contribution < 1.29 is 0 Å². The van der Waals surface area contributed by atoms with Crippen LogP contribution >= 0.6 is 0 Å². The molecule has 0 spiro atoms. The zero-order chi connectivity index (χ0) is 20.4. The van der Waals surface area contributed by atoms with Crippen LogP contribution in [0.2, 0.25) is 0 Å². The fourth-order valence-electron chi connectivity index (χ4n) is 6.86. The van der Waals surface area contributed by atoms with Crippen molar-refractivity contribution in [2.45, 2.75) is 71.1 Å². The predicted molar refractivity (Wildman–Crippen MR) is 117 cm³/mol. The van der Waals surface area contributed by atoms with Gasteiger partial charge in [0.15, 0.2) is 0 Å². The van der Waals surface area contributed by atoms with E-state index in [4.69, 9.17) is 0 Å². The molecule has 6 unspecified atom stereocenters. The van der Waals surface area contributed by atoms with Gasteiger partial charge in [0.25, 0.3) is 0 Å². The molecule has 0 aromatic carbocycles. The highest BCUT2D eigenvalue weighted by Gasteiger charge is 2.61. The predicted octanol–water partition coefficient (Wildman–Crippen LogP) is 2.87. The standard InChI is InChI=1S/C24H35N5/c1-15-22(28-18-5-8-26-9-6-18)19-13-27-10-7-23(19,3)16(2)24(15,4)17-11-20-21(12-25)29(20)14-17/h10-11,13,15-16,18,20-22,26,28H,5-9,14H2,1-4H3/t15-,16?,20?,21?,22?,23+,24?,29?/m1/s1. The third kappa shape index (κ3) is 2.72. The van der Waals surface area contributed by atoms with Crippen LogP contribution < -0.4 is 10.6 Å². The molecule has 5 heteroatoms. The normalized spacial score (nSPS) is 48.9. The molecule has 0 radical (unpaired) electrons. The summed E-state index contributed by atoms with van der Waals surface area (Å²) < 4.78 is 0. The Morgan fingerprint density at radius 1 is 1.28 bits per heavy atom. The maximum Gasteiger partial charge on any atom is 0.118 e. The minimum Gasteiger partial charge on any atom is -0.317 e. The Kier molecular flexibility index (Phi) is 4.55. The number of rotatable bonds is 3. The van der Waals surface area contributed by atoms with Crippen LogP contribution in [0, 0.1) is 34.0 Å². The lowest BCUT2D eigenvalue weighted by Gasteiger charge is -2.60. The topological polar surface area (TPSA) is 63.2 Å². The van der Waals surface area contributed by atoms with Gasteiger partial charge >= 0.3 is 0 Å². The number of nitrogens with one attached hydrogen (secondary N) is 2. The fraction of sp³-hybridized carbons (Fsp3) is 0.750. The SMILES string of the molecule is CC1C(C)(C2=CC3C(C#N)N3C2)[C@H](C)C(NC2CCNCC2)C2=CN=CC[C@]21C. The largest absolute Gasteiger partial charge is 0.317 e. The summed E-state index contributed by atoms with van der Waals surface area (Å²) in [7, 11) is 0. The zero-order valence-electron chi connectivity index (χ0n) is 18.3. The molecule has 1 saturated carbocycles. The van der Waals surface area contributed by atoms with E-state index in [-0.39, 0.29) is 16.9 Å². The molecule has 5 rings (SSSR count). The van der Waals surface area contributed by atoms with Gasteiger partial charge in [-0.1, -0.05) is 39.3 Å². The number of hydrogen-bond acceptors (Lipinski definition) is 5. The lowest BCUT2D eigenvalue weighted by molar-refractivity contribution is 0.00628. The first kappa shape index (κ1) is 19.5. The fourth-order valence-corrected chi connectivity index (χ4v) is 6.86. The lowest BCUT2D eigenvalue weighted by atomic mass is 9.46. The summed E-state index contributed by atoms with van der Waals surface area (Å²) in [4.78, 5) is 6.96. The first-order valence-electron chi connectivity index (χ1n) is 11.5. The van der Waals surface area contributed by atoms with E-state index in [0.717, 1.165) is 26.1 Å². The Morgan fingerprint density at radius 3 is 2.69 bits per heavy atom. The van der Waals surface area contributed by atoms with Crippen LogP contribution in [-0.2, 0) is 0 Å². The van der Waals surface area contributed by atoms with Crippen molar-refractivity contribution in [1.82, 2.24) is 15.5 Å². The summed E-state index contributed by atoms with van der Waals surface area (Å²) in [6.45, 7) is 13.1. The molecule has 3 fully saturated rings. The third-order valence-electron chi connectivity index (χ3n) is 9.41. The number of piperidine rings is 1. The Labute approximate surface area is 175 Å². The molecule has 2 saturated heterocycles. The second-order valence-electron chi connectivity index (χ2n) is 10.4. The molecule has 8 atom stereocenters. The summed E-state index contributed by atoms with van der Waals surface area (Å²) in [5.74, 6) is 1.02. The van der Waals surface area contributed by atoms with E-state index in [0.29, 0.717) is 30.0 Å². The molecule has 0 aromatic rings. The van der Waals surface area contributed by atoms with Gasteiger partial charge in [0, 0.05) is 36.5 Å². The van der Waals surface area contributed by atoms with Crippen LogP contribution in [-0.4, -0.2) is 54.9 Å². The molecule has 4 heterocycles. The molecule has 156 valence electrons. The monoisotopic (exact) mass is 393 g/mol. The van der Waals surface area contributed by atoms with Crippen LogP contribution in [0.4, 0.5) is 0 Å². The lowest BCUT2D eigenvalue weighted by Crippen LogP contribution is -2.61. The van der Waals surface area contributed by atoms with Crippen molar-refractivity contribution in [2.75, 3.05) is 19.6 Å². The van der Waals surface area contributed by atoms with Gasteiger partial charge in [0.2, 0.25) is 0 Å². The second-order valence-corrected chi connectivity index (χ2v) is 10.4. The zero-order valence-corrected chi connectivity index (χ0v) is 18.3. The number of nitrogens with zero attached hydrogens (tertiary/aromatic N) is 3. The van der Waals surface area contributed by atoms with Crippen LogP contribution in [0.5, 0.6) is 0 Å². The van der Waals surface area contributed by atoms with Crippen molar-refractivity contribution in [3.8, 4) is 6.07 Å². The summed E-state index contributed by atoms with van der Waals surface area (Å²) in [6, 6.07) is 3.87. The minimum absolute atomic E-state index is 0.119. The summed E-state index contributed by atoms with van der Waals surface area (Å²) >= 11 is 0. The van der Waals surface area contributed by atoms with E-state index in [9.17, 15) is 5.26 Å². The smallest absolute Gasteiger partial charge is 0.118 e. The van der Waals surface area contributed by atoms with Crippen LogP contribution in [0.25, 0.3) is 0 Å². The first-order chi connectivity index (χ1) is 13.9. The molecule has 2 N–H and O–H groups in total. The van der Waals surface area contributed by atoms with Gasteiger partial charge in [-0.25, -0.2) is 0 Å². The van der Waals surface area contributed by atoms with E-state index >= 15 is 0 Å². The van der Waals surface area contributed by atoms with Gasteiger partial charge in [-0.2, -0.15) is 5.26 Å². The van der Waals surface area contributed by atoms with Crippen molar-refractivity contribution in [1.29, 1.82) is 5.26 Å². The Hall–Kier alpha value is -1.48. The second kappa shape index (κ2) is 6.77. The number of hydrogen-bond donors (Lipinski definition) is 2. The summed E-state index contributed by atoms with van der Waals surface area (Å²) in [5, 5.41) is 16.9. The average molecular weight is 394 g/mol. The molecule has 4 aliphatic heterocycles. The highest BCUT2D eigenvalue weighted by Crippen LogP contribution is 2.62. The highest BCUT2D eigenvalue weighted by atomic mass is 15.4. The summed E-state index contributed by atoms with van der Waals surface area (Å²) in [6.07, 6.45) is 10.2. The molecule has 1 aliphatic carbocycles. The minimum atomic E-state index is 0.119. The van der Waals surface area contributed by atoms with Gasteiger partial charge in [-0.15, -0.1) is 0 Å². The molecule has 5 aliphatic rings. The van der Waals surface area contributed by atoms with Crippen molar-refractivity contribution in [3.05, 3.63) is 23.4 Å². The van der Waals surface area contributed by atoms with E-state index in [1.54, 1.807) is 5.57 Å². The van der Waals surface area contributed by atoms with Crippen LogP contribution in [0.15, 0.2) is 28.4 Å². The van der Waals surface area contributed by atoms with Crippen LogP contribution in [0.3, 0.4) is 0 Å². The van der Waals surface area contributed by atoms with Gasteiger partial charge in [0.05, 0.1) is 12.1 Å². The van der Waals surface area contributed by atoms with E-state index in [1.807, 2.05) is 0 Å². The third-order valence-corrected chi connectivity index (χ3v) is 9.41. The van der Waals surface area contributed by atoms with Gasteiger partial charge in [-0.05, 0) is 55.2 Å². The maximum atomic E-state index is 9.34. The molecular weight excluding hydrogens is 358 g/mol. The first-order valence-corrected chi connectivity index (χ1v) is 11.5. The number of fused-ring (bicyclic) bond motifs is 2.